The van der Waals surface area contributed by atoms with Gasteiger partial charge in [0.2, 0.25) is 11.0 Å². The van der Waals surface area contributed by atoms with E-state index in [0.29, 0.717) is 10.9 Å². The van der Waals surface area contributed by atoms with E-state index in [1.165, 1.54) is 11.3 Å². The minimum atomic E-state index is -0.953. The number of aliphatic carboxylic acids is 1. The van der Waals surface area contributed by atoms with Crippen molar-refractivity contribution in [1.82, 2.24) is 10.2 Å². The van der Waals surface area contributed by atoms with Gasteiger partial charge in [0.25, 0.3) is 0 Å². The summed E-state index contributed by atoms with van der Waals surface area (Å²) >= 11 is 1.27. The molecule has 1 atom stereocenters. The number of hydrogen-bond acceptors (Lipinski definition) is 6. The summed E-state index contributed by atoms with van der Waals surface area (Å²) in [6.45, 7) is 1.79. The molecule has 0 fully saturated rings. The van der Waals surface area contributed by atoms with Crippen LogP contribution in [0, 0.1) is 6.92 Å². The Morgan fingerprint density at radius 1 is 1.26 bits per heavy atom. The van der Waals surface area contributed by atoms with Crippen molar-refractivity contribution in [2.24, 2.45) is 0 Å². The molecule has 122 valence electrons. The molecule has 0 aliphatic heterocycles. The maximum absolute atomic E-state index is 12.1. The van der Waals surface area contributed by atoms with E-state index >= 15 is 0 Å². The molecule has 1 heterocycles. The average Bonchev–Trinajstić information content (AvgIpc) is 2.91. The Morgan fingerprint density at radius 2 is 1.96 bits per heavy atom. The van der Waals surface area contributed by atoms with E-state index in [4.69, 9.17) is 9.84 Å². The minimum absolute atomic E-state index is 0.0528. The molecule has 2 rings (SSSR count). The van der Waals surface area contributed by atoms with Crippen LogP contribution in [0.3, 0.4) is 0 Å². The number of ether oxygens (including phenoxy) is 1. The number of benzene rings is 1. The van der Waals surface area contributed by atoms with Crippen LogP contribution < -0.4 is 10.1 Å². The zero-order chi connectivity index (χ0) is 16.8. The molecule has 2 N–H and O–H groups in total. The summed E-state index contributed by atoms with van der Waals surface area (Å²) in [7, 11) is 1.56. The number of nitrogens with zero attached hydrogens (tertiary/aromatic N) is 2. The van der Waals surface area contributed by atoms with Crippen molar-refractivity contribution in [3.05, 3.63) is 34.8 Å². The van der Waals surface area contributed by atoms with Gasteiger partial charge >= 0.3 is 5.97 Å². The highest BCUT2D eigenvalue weighted by molar-refractivity contribution is 7.15. The number of anilines is 1. The number of amides is 1. The number of nitrogens with one attached hydrogen (secondary N) is 1. The first-order chi connectivity index (χ1) is 11.0. The zero-order valence-electron chi connectivity index (χ0n) is 12.8. The topological polar surface area (TPSA) is 101 Å². The van der Waals surface area contributed by atoms with E-state index in [9.17, 15) is 9.59 Å². The standard InChI is InChI=1S/C15H17N3O4S/c1-9-17-18-15(23-9)16-13(19)7-11(8-14(20)21)10-3-5-12(22-2)6-4-10/h3-6,11H,7-8H2,1-2H3,(H,20,21)(H,16,18,19)/t11-/m0/s1. The smallest absolute Gasteiger partial charge is 0.303 e. The Balaban J connectivity index is 2.07. The van der Waals surface area contributed by atoms with Crippen molar-refractivity contribution in [3.8, 4) is 5.75 Å². The molecule has 0 aliphatic carbocycles. The molecule has 0 saturated heterocycles. The fraction of sp³-hybridized carbons (Fsp3) is 0.333. The Hall–Kier alpha value is -2.48. The van der Waals surface area contributed by atoms with Gasteiger partial charge in [-0.25, -0.2) is 0 Å². The summed E-state index contributed by atoms with van der Waals surface area (Å²) < 4.78 is 5.08. The highest BCUT2D eigenvalue weighted by Gasteiger charge is 2.20. The summed E-state index contributed by atoms with van der Waals surface area (Å²) in [5, 5.41) is 20.5. The molecule has 1 aromatic carbocycles. The highest BCUT2D eigenvalue weighted by atomic mass is 32.1. The monoisotopic (exact) mass is 335 g/mol. The SMILES string of the molecule is COc1ccc([C@H](CC(=O)O)CC(=O)Nc2nnc(C)s2)cc1. The van der Waals surface area contributed by atoms with Crippen molar-refractivity contribution in [2.45, 2.75) is 25.7 Å². The Morgan fingerprint density at radius 3 is 2.48 bits per heavy atom. The summed E-state index contributed by atoms with van der Waals surface area (Å²) in [6.07, 6.45) is -0.0772. The van der Waals surface area contributed by atoms with Crippen LogP contribution in [0.4, 0.5) is 5.13 Å². The fourth-order valence-corrected chi connectivity index (χ4v) is 2.74. The van der Waals surface area contributed by atoms with Gasteiger partial charge in [0.15, 0.2) is 0 Å². The van der Waals surface area contributed by atoms with Crippen molar-refractivity contribution in [2.75, 3.05) is 12.4 Å². The van der Waals surface area contributed by atoms with Gasteiger partial charge in [0, 0.05) is 12.3 Å². The second kappa shape index (κ2) is 7.68. The van der Waals surface area contributed by atoms with Gasteiger partial charge in [-0.3, -0.25) is 9.59 Å². The summed E-state index contributed by atoms with van der Waals surface area (Å²) in [4.78, 5) is 23.2. The van der Waals surface area contributed by atoms with E-state index < -0.39 is 11.9 Å². The summed E-state index contributed by atoms with van der Waals surface area (Å²) in [5.74, 6) is -0.988. The maximum Gasteiger partial charge on any atom is 0.303 e. The Kier molecular flexibility index (Phi) is 5.64. The lowest BCUT2D eigenvalue weighted by molar-refractivity contribution is -0.137. The largest absolute Gasteiger partial charge is 0.497 e. The van der Waals surface area contributed by atoms with Crippen molar-refractivity contribution in [3.63, 3.8) is 0 Å². The predicted octanol–water partition coefficient (Wildman–Crippen LogP) is 2.44. The molecule has 1 aromatic heterocycles. The number of hydrogen-bond donors (Lipinski definition) is 2. The first-order valence-corrected chi connectivity index (χ1v) is 7.75. The number of aromatic nitrogens is 2. The molecule has 0 aliphatic rings. The molecule has 0 bridgehead atoms. The molecule has 0 radical (unpaired) electrons. The minimum Gasteiger partial charge on any atom is -0.497 e. The van der Waals surface area contributed by atoms with Gasteiger partial charge in [-0.05, 0) is 24.6 Å². The van der Waals surface area contributed by atoms with E-state index in [-0.39, 0.29) is 18.7 Å². The second-order valence-corrected chi connectivity index (χ2v) is 6.13. The van der Waals surface area contributed by atoms with Gasteiger partial charge in [0.1, 0.15) is 10.8 Å². The van der Waals surface area contributed by atoms with Crippen molar-refractivity contribution in [1.29, 1.82) is 0 Å². The van der Waals surface area contributed by atoms with Crippen LogP contribution in [0.25, 0.3) is 0 Å². The lowest BCUT2D eigenvalue weighted by atomic mass is 9.92. The van der Waals surface area contributed by atoms with Gasteiger partial charge in [-0.2, -0.15) is 0 Å². The highest BCUT2D eigenvalue weighted by Crippen LogP contribution is 2.26. The first-order valence-electron chi connectivity index (χ1n) is 6.93. The molecule has 0 saturated carbocycles. The summed E-state index contributed by atoms with van der Waals surface area (Å²) in [6, 6.07) is 7.04. The average molecular weight is 335 g/mol. The van der Waals surface area contributed by atoms with Crippen LogP contribution in [0.2, 0.25) is 0 Å². The van der Waals surface area contributed by atoms with Gasteiger partial charge < -0.3 is 15.2 Å². The van der Waals surface area contributed by atoms with Crippen molar-refractivity contribution >= 4 is 28.3 Å². The van der Waals surface area contributed by atoms with Crippen molar-refractivity contribution < 1.29 is 19.4 Å². The van der Waals surface area contributed by atoms with Crippen LogP contribution in [-0.4, -0.2) is 34.3 Å². The van der Waals surface area contributed by atoms with E-state index in [2.05, 4.69) is 15.5 Å². The van der Waals surface area contributed by atoms with Crippen LogP contribution in [0.15, 0.2) is 24.3 Å². The number of carboxylic acids is 1. The Bertz CT molecular complexity index is 684. The third kappa shape index (κ3) is 5.03. The number of carbonyl (C=O) groups excluding carboxylic acids is 1. The number of carbonyl (C=O) groups is 2. The molecule has 0 unspecified atom stereocenters. The van der Waals surface area contributed by atoms with Crippen LogP contribution in [-0.2, 0) is 9.59 Å². The molecular formula is C15H17N3O4S. The number of aryl methyl sites for hydroxylation is 1. The summed E-state index contributed by atoms with van der Waals surface area (Å²) in [5.41, 5.74) is 0.775. The third-order valence-corrected chi connectivity index (χ3v) is 3.97. The van der Waals surface area contributed by atoms with E-state index in [1.807, 2.05) is 0 Å². The molecule has 0 spiro atoms. The number of carboxylic acid groups (broad SMARTS) is 1. The van der Waals surface area contributed by atoms with Gasteiger partial charge in [-0.15, -0.1) is 10.2 Å². The number of rotatable bonds is 7. The molecular weight excluding hydrogens is 318 g/mol. The normalized spacial score (nSPS) is 11.7. The van der Waals surface area contributed by atoms with E-state index in [0.717, 1.165) is 10.6 Å². The Labute approximate surface area is 137 Å². The lowest BCUT2D eigenvalue weighted by Gasteiger charge is -2.15. The zero-order valence-corrected chi connectivity index (χ0v) is 13.6. The maximum atomic E-state index is 12.1. The fourth-order valence-electron chi connectivity index (χ4n) is 2.14. The molecule has 1 amide bonds. The van der Waals surface area contributed by atoms with Crippen LogP contribution in [0.5, 0.6) is 5.75 Å². The predicted molar refractivity (Wildman–Crippen MR) is 85.9 cm³/mol. The molecule has 8 heteroatoms. The molecule has 2 aromatic rings. The van der Waals surface area contributed by atoms with Crippen LogP contribution >= 0.6 is 11.3 Å². The number of methoxy groups -OCH3 is 1. The second-order valence-electron chi connectivity index (χ2n) is 4.95. The third-order valence-electron chi connectivity index (χ3n) is 3.21. The van der Waals surface area contributed by atoms with Crippen LogP contribution in [0.1, 0.15) is 29.3 Å². The first kappa shape index (κ1) is 16.9. The quantitative estimate of drug-likeness (QED) is 0.806. The molecule has 7 nitrogen and oxygen atoms in total. The lowest BCUT2D eigenvalue weighted by Crippen LogP contribution is -2.17. The van der Waals surface area contributed by atoms with E-state index in [1.54, 1.807) is 38.3 Å². The van der Waals surface area contributed by atoms with Gasteiger partial charge in [-0.1, -0.05) is 23.5 Å². The van der Waals surface area contributed by atoms with Gasteiger partial charge in [0.05, 0.1) is 13.5 Å². The molecule has 23 heavy (non-hydrogen) atoms.